The van der Waals surface area contributed by atoms with Crippen LogP contribution in [0.2, 0.25) is 0 Å². The molecule has 13 heteroatoms. The second kappa shape index (κ2) is 13.4. The number of rotatable bonds is 13. The van der Waals surface area contributed by atoms with Gasteiger partial charge in [0.15, 0.2) is 5.58 Å². The highest BCUT2D eigenvalue weighted by Crippen LogP contribution is 2.39. The zero-order valence-corrected chi connectivity index (χ0v) is 24.6. The fourth-order valence-electron chi connectivity index (χ4n) is 5.15. The van der Waals surface area contributed by atoms with Crippen LogP contribution in [0, 0.1) is 17.7 Å². The van der Waals surface area contributed by atoms with Gasteiger partial charge in [0.25, 0.3) is 0 Å². The van der Waals surface area contributed by atoms with E-state index in [-0.39, 0.29) is 36.4 Å². The molecule has 3 amide bonds. The number of benzene rings is 1. The second-order valence-corrected chi connectivity index (χ2v) is 12.1. The third-order valence-electron chi connectivity index (χ3n) is 7.36. The van der Waals surface area contributed by atoms with Gasteiger partial charge in [-0.05, 0) is 64.5 Å². The molecule has 2 aliphatic rings. The van der Waals surface area contributed by atoms with E-state index in [0.717, 1.165) is 19.3 Å². The molecule has 0 spiro atoms. The van der Waals surface area contributed by atoms with Gasteiger partial charge in [0.2, 0.25) is 11.8 Å². The number of hydrogen-bond donors (Lipinski definition) is 3. The Morgan fingerprint density at radius 1 is 1.23 bits per heavy atom. The number of carboxylic acids is 1. The number of halogens is 1. The maximum Gasteiger partial charge on any atom is 0.408 e. The summed E-state index contributed by atoms with van der Waals surface area (Å²) in [5.41, 5.74) is 5.45. The molecule has 2 heterocycles. The number of nitrogens with one attached hydrogen (secondary N) is 1. The third kappa shape index (κ3) is 8.91. The minimum atomic E-state index is -0.982. The number of nitrogens with zero attached hydrogens (tertiary/aromatic N) is 2. The van der Waals surface area contributed by atoms with Crippen molar-refractivity contribution in [1.82, 2.24) is 15.2 Å². The molecule has 1 saturated carbocycles. The molecular formula is C30H39FN4O8. The Kier molecular flexibility index (Phi) is 9.92. The van der Waals surface area contributed by atoms with Crippen LogP contribution in [0.1, 0.15) is 65.7 Å². The van der Waals surface area contributed by atoms with Gasteiger partial charge < -0.3 is 34.9 Å². The molecule has 4 N–H and O–H groups in total. The molecular weight excluding hydrogens is 563 g/mol. The van der Waals surface area contributed by atoms with E-state index in [1.54, 1.807) is 20.8 Å². The molecule has 4 rings (SSSR count). The molecule has 0 unspecified atom stereocenters. The minimum absolute atomic E-state index is 0.00464. The molecule has 1 aliphatic carbocycles. The fourth-order valence-corrected chi connectivity index (χ4v) is 5.15. The number of carbonyl (C=O) groups excluding carboxylic acids is 3. The third-order valence-corrected chi connectivity index (χ3v) is 7.36. The average Bonchev–Trinajstić information content (AvgIpc) is 3.39. The minimum Gasteiger partial charge on any atom is -0.481 e. The van der Waals surface area contributed by atoms with Gasteiger partial charge in [0.05, 0.1) is 12.5 Å². The van der Waals surface area contributed by atoms with Gasteiger partial charge in [-0.15, -0.1) is 0 Å². The van der Waals surface area contributed by atoms with Crippen molar-refractivity contribution in [1.29, 1.82) is 0 Å². The van der Waals surface area contributed by atoms with Gasteiger partial charge in [0, 0.05) is 12.5 Å². The number of aromatic nitrogens is 1. The topological polar surface area (TPSA) is 174 Å². The number of alkyl carbamates (subject to hydrolysis) is 1. The van der Waals surface area contributed by atoms with Crippen LogP contribution in [-0.2, 0) is 19.1 Å². The zero-order chi connectivity index (χ0) is 31.3. The fraction of sp³-hybridized carbons (Fsp3) is 0.567. The first-order valence-electron chi connectivity index (χ1n) is 14.5. The molecule has 5 atom stereocenters. The summed E-state index contributed by atoms with van der Waals surface area (Å²) in [5.74, 6) is -2.63. The molecule has 2 aromatic rings. The summed E-state index contributed by atoms with van der Waals surface area (Å²) >= 11 is 0. The number of allylic oxidation sites excluding steroid dienone is 2. The molecule has 1 aromatic carbocycles. The van der Waals surface area contributed by atoms with Crippen molar-refractivity contribution in [2.45, 2.75) is 89.5 Å². The van der Waals surface area contributed by atoms with Crippen LogP contribution < -0.4 is 15.8 Å². The Labute approximate surface area is 248 Å². The summed E-state index contributed by atoms with van der Waals surface area (Å²) < 4.78 is 30.3. The first-order chi connectivity index (χ1) is 20.3. The summed E-state index contributed by atoms with van der Waals surface area (Å²) in [6.45, 7) is 5.13. The lowest BCUT2D eigenvalue weighted by Gasteiger charge is -2.28. The first kappa shape index (κ1) is 31.8. The van der Waals surface area contributed by atoms with E-state index in [0.29, 0.717) is 24.8 Å². The predicted molar refractivity (Wildman–Crippen MR) is 152 cm³/mol. The van der Waals surface area contributed by atoms with E-state index in [4.69, 9.17) is 24.7 Å². The van der Waals surface area contributed by atoms with E-state index < -0.39 is 53.5 Å². The smallest absolute Gasteiger partial charge is 0.408 e. The lowest BCUT2D eigenvalue weighted by molar-refractivity contribution is -0.139. The number of likely N-dealkylation sites (tertiary alicyclic amines) is 1. The summed E-state index contributed by atoms with van der Waals surface area (Å²) in [7, 11) is 0. The highest BCUT2D eigenvalue weighted by molar-refractivity contribution is 5.91. The van der Waals surface area contributed by atoms with Gasteiger partial charge in [-0.1, -0.05) is 25.0 Å². The van der Waals surface area contributed by atoms with Crippen LogP contribution in [0.4, 0.5) is 9.18 Å². The molecule has 43 heavy (non-hydrogen) atoms. The molecule has 1 aliphatic heterocycles. The molecule has 0 bridgehead atoms. The molecule has 2 fully saturated rings. The predicted octanol–water partition coefficient (Wildman–Crippen LogP) is 3.92. The second-order valence-electron chi connectivity index (χ2n) is 12.1. The number of fused-ring (bicyclic) bond motifs is 1. The molecule has 1 aromatic heterocycles. The highest BCUT2D eigenvalue weighted by atomic mass is 19.1. The number of carbonyl (C=O) groups is 4. The number of ether oxygens (including phenoxy) is 2. The van der Waals surface area contributed by atoms with Crippen molar-refractivity contribution in [3.05, 3.63) is 36.2 Å². The first-order valence-corrected chi connectivity index (χ1v) is 14.5. The van der Waals surface area contributed by atoms with E-state index in [9.17, 15) is 23.6 Å². The van der Waals surface area contributed by atoms with Crippen molar-refractivity contribution in [3.8, 4) is 6.08 Å². The van der Waals surface area contributed by atoms with Crippen molar-refractivity contribution in [2.75, 3.05) is 6.54 Å². The van der Waals surface area contributed by atoms with Crippen molar-refractivity contribution < 1.29 is 42.6 Å². The van der Waals surface area contributed by atoms with E-state index in [1.165, 1.54) is 23.1 Å². The average molecular weight is 603 g/mol. The standard InChI is InChI=1S/C30H39FN4O8/c1-30(2,3)43-28(40)33-21(10-8-6-4-5-7-9-17-13-20(17)27(38)39)26(37)35-16-19(15-23(35)25(32)36)41-29-34-22-14-18(31)11-12-24(22)42-29/h7,9,11-12,14,17,19-21,23H,4-6,8,10,13,15-16H2,1-3H3,(H2,32,36)(H,33,40)(H,38,39)/b9-7-/t17-,19-,20+,21+,23+/m1/s1. The summed E-state index contributed by atoms with van der Waals surface area (Å²) in [5, 5.41) is 11.7. The Morgan fingerprint density at radius 2 is 2.00 bits per heavy atom. The molecule has 234 valence electrons. The number of hydrogen-bond acceptors (Lipinski definition) is 8. The highest BCUT2D eigenvalue weighted by Gasteiger charge is 2.43. The van der Waals surface area contributed by atoms with Crippen LogP contribution in [0.15, 0.2) is 34.8 Å². The number of amides is 3. The number of primary amides is 1. The van der Waals surface area contributed by atoms with Crippen LogP contribution >= 0.6 is 0 Å². The summed E-state index contributed by atoms with van der Waals surface area (Å²) in [6, 6.07) is 1.90. The van der Waals surface area contributed by atoms with E-state index >= 15 is 0 Å². The normalized spacial score (nSPS) is 22.5. The van der Waals surface area contributed by atoms with E-state index in [2.05, 4.69) is 10.3 Å². The van der Waals surface area contributed by atoms with Crippen LogP contribution in [0.25, 0.3) is 11.1 Å². The maximum atomic E-state index is 13.7. The van der Waals surface area contributed by atoms with Crippen LogP contribution in [0.3, 0.4) is 0 Å². The summed E-state index contributed by atoms with van der Waals surface area (Å²) in [4.78, 5) is 55.1. The molecule has 1 saturated heterocycles. The van der Waals surface area contributed by atoms with Crippen molar-refractivity contribution in [2.24, 2.45) is 17.6 Å². The van der Waals surface area contributed by atoms with Gasteiger partial charge >= 0.3 is 18.1 Å². The Bertz CT molecular complexity index is 1370. The largest absolute Gasteiger partial charge is 0.481 e. The Morgan fingerprint density at radius 3 is 2.67 bits per heavy atom. The molecule has 0 radical (unpaired) electrons. The van der Waals surface area contributed by atoms with Crippen molar-refractivity contribution in [3.63, 3.8) is 0 Å². The lowest BCUT2D eigenvalue weighted by atomic mass is 10.0. The number of oxazole rings is 1. The zero-order valence-electron chi connectivity index (χ0n) is 24.6. The monoisotopic (exact) mass is 602 g/mol. The van der Waals surface area contributed by atoms with Gasteiger partial charge in [0.1, 0.15) is 35.1 Å². The maximum absolute atomic E-state index is 13.7. The van der Waals surface area contributed by atoms with Gasteiger partial charge in [-0.3, -0.25) is 14.4 Å². The SMILES string of the molecule is CC(C)(C)OC(=O)N[C@@H](CCCCC/C=C\[C@@H]1C[C@@H]1C(=O)O)C(=O)N1C[C@H](Oc2nc3cc(F)ccc3o2)C[C@H]1C(N)=O. The van der Waals surface area contributed by atoms with E-state index in [1.807, 2.05) is 12.2 Å². The van der Waals surface area contributed by atoms with Crippen molar-refractivity contribution >= 4 is 35.0 Å². The number of nitrogens with two attached hydrogens (primary N) is 1. The number of aliphatic carboxylic acids is 1. The quantitative estimate of drug-likeness (QED) is 0.227. The Hall–Kier alpha value is -4.16. The summed E-state index contributed by atoms with van der Waals surface area (Å²) in [6.07, 6.45) is 6.41. The van der Waals surface area contributed by atoms with Gasteiger partial charge in [-0.25, -0.2) is 9.18 Å². The van der Waals surface area contributed by atoms with Gasteiger partial charge in [-0.2, -0.15) is 4.98 Å². The lowest BCUT2D eigenvalue weighted by Crippen LogP contribution is -2.53. The van der Waals surface area contributed by atoms with Crippen LogP contribution in [-0.4, -0.2) is 69.2 Å². The van der Waals surface area contributed by atoms with Crippen LogP contribution in [0.5, 0.6) is 6.08 Å². The number of unbranched alkanes of at least 4 members (excludes halogenated alkanes) is 3. The molecule has 12 nitrogen and oxygen atoms in total. The Balaban J connectivity index is 1.36. The number of carboxylic acid groups (broad SMARTS) is 1.